The Morgan fingerprint density at radius 2 is 1.48 bits per heavy atom. The van der Waals surface area contributed by atoms with Gasteiger partial charge in [-0.1, -0.05) is 26.0 Å². The number of benzene rings is 3. The number of carbonyl (C=O) groups is 1. The molecule has 0 saturated carbocycles. The van der Waals surface area contributed by atoms with Gasteiger partial charge >= 0.3 is 5.97 Å². The van der Waals surface area contributed by atoms with Crippen molar-refractivity contribution in [2.24, 2.45) is 0 Å². The van der Waals surface area contributed by atoms with Crippen LogP contribution in [0.2, 0.25) is 0 Å². The van der Waals surface area contributed by atoms with E-state index in [9.17, 15) is 22.7 Å². The van der Waals surface area contributed by atoms with E-state index < -0.39 is 16.0 Å². The SMILES string of the molecule is CC(C)c1ccc(S(=O)(=O)Nc2ccc3nc(N4CCN(c5ccc(F)cc5)CC4)cc(C(=O)O)c3c2)cc1.Cl.Cl.Cl. The van der Waals surface area contributed by atoms with E-state index in [1.165, 1.54) is 24.3 Å². The van der Waals surface area contributed by atoms with Crippen LogP contribution >= 0.6 is 37.2 Å². The zero-order chi connectivity index (χ0) is 27.7. The van der Waals surface area contributed by atoms with Crippen molar-refractivity contribution in [2.45, 2.75) is 24.7 Å². The van der Waals surface area contributed by atoms with Crippen molar-refractivity contribution in [1.82, 2.24) is 4.98 Å². The minimum absolute atomic E-state index is 0. The Balaban J connectivity index is 0.00000205. The van der Waals surface area contributed by atoms with Crippen LogP contribution in [0.15, 0.2) is 77.7 Å². The number of pyridine rings is 1. The number of hydrogen-bond acceptors (Lipinski definition) is 6. The number of carboxylic acids is 1. The number of aromatic carboxylic acids is 1. The second-order valence-corrected chi connectivity index (χ2v) is 11.5. The fraction of sp³-hybridized carbons (Fsp3) is 0.241. The molecule has 0 spiro atoms. The lowest BCUT2D eigenvalue weighted by molar-refractivity contribution is 0.0699. The summed E-state index contributed by atoms with van der Waals surface area (Å²) in [5.41, 5.74) is 2.71. The number of halogens is 4. The zero-order valence-corrected chi connectivity index (χ0v) is 26.1. The minimum atomic E-state index is -3.86. The molecule has 1 aliphatic heterocycles. The zero-order valence-electron chi connectivity index (χ0n) is 22.9. The Labute approximate surface area is 263 Å². The number of carboxylic acid groups (broad SMARTS) is 1. The van der Waals surface area contributed by atoms with Crippen LogP contribution in [0, 0.1) is 5.82 Å². The van der Waals surface area contributed by atoms with Gasteiger partial charge in [-0.3, -0.25) is 4.72 Å². The minimum Gasteiger partial charge on any atom is -0.478 e. The molecule has 1 aromatic heterocycles. The molecular weight excluding hydrogens is 626 g/mol. The topological polar surface area (TPSA) is 103 Å². The lowest BCUT2D eigenvalue weighted by Gasteiger charge is -2.37. The quantitative estimate of drug-likeness (QED) is 0.231. The Hall–Kier alpha value is -3.31. The van der Waals surface area contributed by atoms with Crippen molar-refractivity contribution in [3.63, 3.8) is 0 Å². The molecule has 1 fully saturated rings. The molecule has 226 valence electrons. The number of piperazine rings is 1. The Kier molecular flexibility index (Phi) is 11.8. The molecule has 13 heteroatoms. The first-order valence-corrected chi connectivity index (χ1v) is 14.2. The summed E-state index contributed by atoms with van der Waals surface area (Å²) in [6.45, 7) is 6.64. The highest BCUT2D eigenvalue weighted by atomic mass is 35.5. The molecule has 8 nitrogen and oxygen atoms in total. The molecule has 0 unspecified atom stereocenters. The van der Waals surface area contributed by atoms with Gasteiger partial charge in [0, 0.05) is 42.9 Å². The number of nitrogens with one attached hydrogen (secondary N) is 1. The summed E-state index contributed by atoms with van der Waals surface area (Å²) >= 11 is 0. The molecule has 5 rings (SSSR count). The standard InChI is InChI=1S/C29H29FN4O4S.3ClH/c1-19(2)20-3-10-24(11-4-20)39(37,38)32-22-7-12-27-25(17-22)26(29(35)36)18-28(31-27)34-15-13-33(14-16-34)23-8-5-21(30)6-9-23;;;/h3-12,17-19,32H,13-16H2,1-2H3,(H,35,36);3*1H. The monoisotopic (exact) mass is 656 g/mol. The van der Waals surface area contributed by atoms with Gasteiger partial charge in [0.1, 0.15) is 11.6 Å². The van der Waals surface area contributed by atoms with E-state index in [1.807, 2.05) is 18.7 Å². The molecule has 0 atom stereocenters. The van der Waals surface area contributed by atoms with Gasteiger partial charge in [-0.05, 0) is 72.1 Å². The van der Waals surface area contributed by atoms with Crippen molar-refractivity contribution >= 4 is 81.3 Å². The van der Waals surface area contributed by atoms with Crippen molar-refractivity contribution in [3.05, 3.63) is 89.7 Å². The molecule has 1 aliphatic rings. The largest absolute Gasteiger partial charge is 0.478 e. The fourth-order valence-corrected chi connectivity index (χ4v) is 5.76. The number of hydrogen-bond donors (Lipinski definition) is 2. The summed E-state index contributed by atoms with van der Waals surface area (Å²) < 4.78 is 41.8. The van der Waals surface area contributed by atoms with E-state index in [2.05, 4.69) is 9.62 Å². The second kappa shape index (κ2) is 14.2. The van der Waals surface area contributed by atoms with E-state index in [0.717, 1.165) is 11.3 Å². The summed E-state index contributed by atoms with van der Waals surface area (Å²) in [6, 6.07) is 19.3. The number of nitrogens with zero attached hydrogens (tertiary/aromatic N) is 3. The Morgan fingerprint density at radius 1 is 0.881 bits per heavy atom. The third-order valence-corrected chi connectivity index (χ3v) is 8.33. The number of aromatic nitrogens is 1. The maximum Gasteiger partial charge on any atom is 0.336 e. The lowest BCUT2D eigenvalue weighted by Crippen LogP contribution is -2.46. The second-order valence-electron chi connectivity index (χ2n) is 9.84. The average molecular weight is 658 g/mol. The van der Waals surface area contributed by atoms with Crippen LogP contribution in [0.5, 0.6) is 0 Å². The number of anilines is 3. The average Bonchev–Trinajstić information content (AvgIpc) is 2.93. The van der Waals surface area contributed by atoms with Crippen LogP contribution in [0.25, 0.3) is 10.9 Å². The van der Waals surface area contributed by atoms with E-state index in [4.69, 9.17) is 4.98 Å². The maximum atomic E-state index is 13.3. The molecule has 0 radical (unpaired) electrons. The molecule has 0 aliphatic carbocycles. The highest BCUT2D eigenvalue weighted by Crippen LogP contribution is 2.29. The molecular formula is C29H32Cl3FN4O4S. The third kappa shape index (κ3) is 7.55. The summed E-state index contributed by atoms with van der Waals surface area (Å²) in [4.78, 5) is 21.2. The maximum absolute atomic E-state index is 13.3. The highest BCUT2D eigenvalue weighted by molar-refractivity contribution is 7.92. The van der Waals surface area contributed by atoms with Crippen molar-refractivity contribution in [2.75, 3.05) is 40.7 Å². The molecule has 2 N–H and O–H groups in total. The fourth-order valence-electron chi connectivity index (χ4n) is 4.71. The molecule has 1 saturated heterocycles. The predicted octanol–water partition coefficient (Wildman–Crippen LogP) is 6.59. The molecule has 42 heavy (non-hydrogen) atoms. The normalized spacial score (nSPS) is 13.1. The summed E-state index contributed by atoms with van der Waals surface area (Å²) in [6.07, 6.45) is 0. The van der Waals surface area contributed by atoms with E-state index in [0.29, 0.717) is 42.9 Å². The van der Waals surface area contributed by atoms with Gasteiger partial charge in [-0.25, -0.2) is 22.6 Å². The van der Waals surface area contributed by atoms with Crippen LogP contribution in [-0.4, -0.2) is 50.7 Å². The van der Waals surface area contributed by atoms with E-state index in [1.54, 1.807) is 48.5 Å². The van der Waals surface area contributed by atoms with Gasteiger partial charge in [0.25, 0.3) is 10.0 Å². The lowest BCUT2D eigenvalue weighted by atomic mass is 10.0. The first kappa shape index (κ1) is 34.9. The first-order valence-electron chi connectivity index (χ1n) is 12.7. The van der Waals surface area contributed by atoms with Crippen LogP contribution in [0.1, 0.15) is 35.7 Å². The predicted molar refractivity (Wildman–Crippen MR) is 173 cm³/mol. The van der Waals surface area contributed by atoms with Gasteiger partial charge in [0.15, 0.2) is 0 Å². The first-order chi connectivity index (χ1) is 18.6. The van der Waals surface area contributed by atoms with Crippen molar-refractivity contribution in [3.8, 4) is 0 Å². The van der Waals surface area contributed by atoms with Crippen LogP contribution in [0.4, 0.5) is 21.6 Å². The van der Waals surface area contributed by atoms with Gasteiger partial charge in [0.05, 0.1) is 16.0 Å². The third-order valence-electron chi connectivity index (χ3n) is 6.93. The van der Waals surface area contributed by atoms with Crippen molar-refractivity contribution in [1.29, 1.82) is 0 Å². The molecule has 0 bridgehead atoms. The summed E-state index contributed by atoms with van der Waals surface area (Å²) in [7, 11) is -3.86. The summed E-state index contributed by atoms with van der Waals surface area (Å²) in [5.74, 6) is -0.592. The van der Waals surface area contributed by atoms with E-state index in [-0.39, 0.29) is 65.1 Å². The Bertz CT molecular complexity index is 1630. The molecule has 0 amide bonds. The van der Waals surface area contributed by atoms with Gasteiger partial charge < -0.3 is 14.9 Å². The molecule has 2 heterocycles. The van der Waals surface area contributed by atoms with Crippen LogP contribution in [-0.2, 0) is 10.0 Å². The van der Waals surface area contributed by atoms with Gasteiger partial charge in [-0.2, -0.15) is 0 Å². The smallest absolute Gasteiger partial charge is 0.336 e. The molecule has 4 aromatic rings. The number of sulfonamides is 1. The molecule has 3 aromatic carbocycles. The summed E-state index contributed by atoms with van der Waals surface area (Å²) in [5, 5.41) is 10.3. The van der Waals surface area contributed by atoms with Gasteiger partial charge in [0.2, 0.25) is 0 Å². The van der Waals surface area contributed by atoms with Crippen molar-refractivity contribution < 1.29 is 22.7 Å². The number of fused-ring (bicyclic) bond motifs is 1. The Morgan fingerprint density at radius 3 is 2.05 bits per heavy atom. The number of rotatable bonds is 7. The van der Waals surface area contributed by atoms with Gasteiger partial charge in [-0.15, -0.1) is 37.2 Å². The van der Waals surface area contributed by atoms with E-state index >= 15 is 0 Å². The van der Waals surface area contributed by atoms with Crippen LogP contribution in [0.3, 0.4) is 0 Å². The van der Waals surface area contributed by atoms with Crippen LogP contribution < -0.4 is 14.5 Å². The highest BCUT2D eigenvalue weighted by Gasteiger charge is 2.22.